The van der Waals surface area contributed by atoms with Gasteiger partial charge in [0.05, 0.1) is 17.3 Å². The first-order valence-corrected chi connectivity index (χ1v) is 8.12. The van der Waals surface area contributed by atoms with Crippen LogP contribution in [0.4, 0.5) is 17.1 Å². The molecule has 0 aromatic heterocycles. The van der Waals surface area contributed by atoms with E-state index in [1.165, 1.54) is 0 Å². The van der Waals surface area contributed by atoms with E-state index in [1.54, 1.807) is 49.4 Å². The Labute approximate surface area is 150 Å². The molecule has 7 heteroatoms. The Morgan fingerprint density at radius 1 is 0.958 bits per heavy atom. The highest BCUT2D eigenvalue weighted by atomic mass is 35.5. The Morgan fingerprint density at radius 3 is 2.29 bits per heavy atom. The molecule has 0 radical (unpaired) electrons. The largest absolute Gasteiger partial charge is 0.375 e. The molecule has 0 aliphatic heterocycles. The lowest BCUT2D eigenvalue weighted by molar-refractivity contribution is -0.116. The zero-order valence-electron chi connectivity index (χ0n) is 13.0. The minimum Gasteiger partial charge on any atom is -0.375 e. The van der Waals surface area contributed by atoms with Crippen molar-refractivity contribution in [3.05, 3.63) is 52.5 Å². The number of carbonyl (C=O) groups is 2. The van der Waals surface area contributed by atoms with Crippen molar-refractivity contribution in [1.82, 2.24) is 0 Å². The summed E-state index contributed by atoms with van der Waals surface area (Å²) in [4.78, 5) is 23.4. The van der Waals surface area contributed by atoms with Gasteiger partial charge in [-0.1, -0.05) is 36.2 Å². The number of amides is 2. The van der Waals surface area contributed by atoms with Gasteiger partial charge in [0.15, 0.2) is 0 Å². The number of anilines is 3. The van der Waals surface area contributed by atoms with E-state index in [9.17, 15) is 9.59 Å². The number of rotatable bonds is 6. The van der Waals surface area contributed by atoms with Crippen LogP contribution in [0.5, 0.6) is 0 Å². The number of hydrogen-bond donors (Lipinski definition) is 3. The van der Waals surface area contributed by atoms with Crippen LogP contribution in [0.15, 0.2) is 42.5 Å². The summed E-state index contributed by atoms with van der Waals surface area (Å²) in [5, 5.41) is 9.43. The van der Waals surface area contributed by atoms with Crippen LogP contribution in [-0.2, 0) is 9.59 Å². The SMILES string of the molecule is CCC(=O)Nc1cccc(NC(=O)CNc2cc(Cl)ccc2Cl)c1. The van der Waals surface area contributed by atoms with E-state index < -0.39 is 0 Å². The number of hydrogen-bond acceptors (Lipinski definition) is 3. The summed E-state index contributed by atoms with van der Waals surface area (Å²) in [5.74, 6) is -0.333. The second-order valence-corrected chi connectivity index (χ2v) is 5.85. The Bertz CT molecular complexity index is 750. The Morgan fingerprint density at radius 2 is 1.62 bits per heavy atom. The molecule has 2 rings (SSSR count). The van der Waals surface area contributed by atoms with Crippen molar-refractivity contribution in [3.8, 4) is 0 Å². The maximum atomic E-state index is 12.0. The van der Waals surface area contributed by atoms with Gasteiger partial charge in [-0.15, -0.1) is 0 Å². The standard InChI is InChI=1S/C17H17Cl2N3O2/c1-2-16(23)21-12-4-3-5-13(9-12)22-17(24)10-20-15-8-11(18)6-7-14(15)19/h3-9,20H,2,10H2,1H3,(H,21,23)(H,22,24). The molecule has 24 heavy (non-hydrogen) atoms. The second kappa shape index (κ2) is 8.57. The van der Waals surface area contributed by atoms with E-state index in [0.29, 0.717) is 33.5 Å². The van der Waals surface area contributed by atoms with Gasteiger partial charge in [0, 0.05) is 22.8 Å². The van der Waals surface area contributed by atoms with Crippen LogP contribution in [0.25, 0.3) is 0 Å². The molecule has 126 valence electrons. The number of carbonyl (C=O) groups excluding carboxylic acids is 2. The van der Waals surface area contributed by atoms with Crippen LogP contribution in [-0.4, -0.2) is 18.4 Å². The van der Waals surface area contributed by atoms with Crippen LogP contribution >= 0.6 is 23.2 Å². The van der Waals surface area contributed by atoms with Gasteiger partial charge in [0.1, 0.15) is 0 Å². The van der Waals surface area contributed by atoms with E-state index in [1.807, 2.05) is 0 Å². The quantitative estimate of drug-likeness (QED) is 0.710. The van der Waals surface area contributed by atoms with Crippen molar-refractivity contribution < 1.29 is 9.59 Å². The zero-order valence-corrected chi connectivity index (χ0v) is 14.5. The van der Waals surface area contributed by atoms with Crippen LogP contribution in [0.2, 0.25) is 10.0 Å². The van der Waals surface area contributed by atoms with Crippen LogP contribution < -0.4 is 16.0 Å². The van der Waals surface area contributed by atoms with Crippen molar-refractivity contribution >= 4 is 52.1 Å². The first-order valence-electron chi connectivity index (χ1n) is 7.36. The molecule has 3 N–H and O–H groups in total. The third-order valence-electron chi connectivity index (χ3n) is 3.12. The molecule has 0 spiro atoms. The molecule has 0 bridgehead atoms. The number of nitrogens with one attached hydrogen (secondary N) is 3. The van der Waals surface area contributed by atoms with E-state index in [0.717, 1.165) is 0 Å². The highest BCUT2D eigenvalue weighted by Gasteiger charge is 2.06. The lowest BCUT2D eigenvalue weighted by Crippen LogP contribution is -2.22. The zero-order chi connectivity index (χ0) is 17.5. The maximum absolute atomic E-state index is 12.0. The molecular weight excluding hydrogens is 349 g/mol. The van der Waals surface area contributed by atoms with Gasteiger partial charge in [-0.05, 0) is 36.4 Å². The summed E-state index contributed by atoms with van der Waals surface area (Å²) < 4.78 is 0. The molecule has 0 aliphatic carbocycles. The summed E-state index contributed by atoms with van der Waals surface area (Å²) in [6.45, 7) is 1.80. The summed E-state index contributed by atoms with van der Waals surface area (Å²) in [6, 6.07) is 11.9. The Kier molecular flexibility index (Phi) is 6.46. The van der Waals surface area contributed by atoms with Gasteiger partial charge in [-0.25, -0.2) is 0 Å². The minimum absolute atomic E-state index is 0.0333. The van der Waals surface area contributed by atoms with Crippen LogP contribution in [0, 0.1) is 0 Å². The van der Waals surface area contributed by atoms with Gasteiger partial charge >= 0.3 is 0 Å². The molecule has 0 fully saturated rings. The van der Waals surface area contributed by atoms with E-state index in [4.69, 9.17) is 23.2 Å². The normalized spacial score (nSPS) is 10.1. The topological polar surface area (TPSA) is 70.2 Å². The molecule has 0 atom stereocenters. The van der Waals surface area contributed by atoms with Gasteiger partial charge < -0.3 is 16.0 Å². The molecule has 0 heterocycles. The monoisotopic (exact) mass is 365 g/mol. The first kappa shape index (κ1) is 18.1. The highest BCUT2D eigenvalue weighted by molar-refractivity contribution is 6.35. The lowest BCUT2D eigenvalue weighted by atomic mass is 10.2. The smallest absolute Gasteiger partial charge is 0.243 e. The van der Waals surface area contributed by atoms with Crippen molar-refractivity contribution in [2.24, 2.45) is 0 Å². The fourth-order valence-electron chi connectivity index (χ4n) is 1.94. The predicted molar refractivity (Wildman–Crippen MR) is 98.9 cm³/mol. The average Bonchev–Trinajstić information content (AvgIpc) is 2.56. The molecule has 2 aromatic rings. The van der Waals surface area contributed by atoms with Crippen LogP contribution in [0.3, 0.4) is 0 Å². The molecule has 0 unspecified atom stereocenters. The second-order valence-electron chi connectivity index (χ2n) is 5.01. The molecule has 0 aliphatic rings. The van der Waals surface area contributed by atoms with Gasteiger partial charge in [-0.2, -0.15) is 0 Å². The molecule has 5 nitrogen and oxygen atoms in total. The van der Waals surface area contributed by atoms with Crippen LogP contribution in [0.1, 0.15) is 13.3 Å². The third kappa shape index (κ3) is 5.44. The first-order chi connectivity index (χ1) is 11.5. The fraction of sp³-hybridized carbons (Fsp3) is 0.176. The van der Waals surface area contributed by atoms with E-state index >= 15 is 0 Å². The van der Waals surface area contributed by atoms with Crippen molar-refractivity contribution in [2.45, 2.75) is 13.3 Å². The van der Waals surface area contributed by atoms with Gasteiger partial charge in [-0.3, -0.25) is 9.59 Å². The van der Waals surface area contributed by atoms with Crippen molar-refractivity contribution in [2.75, 3.05) is 22.5 Å². The fourth-order valence-corrected chi connectivity index (χ4v) is 2.29. The molecule has 2 aromatic carbocycles. The van der Waals surface area contributed by atoms with E-state index in [-0.39, 0.29) is 18.4 Å². The van der Waals surface area contributed by atoms with Gasteiger partial charge in [0.25, 0.3) is 0 Å². The summed E-state index contributed by atoms with van der Waals surface area (Å²) in [6.07, 6.45) is 0.390. The molecule has 0 saturated carbocycles. The van der Waals surface area contributed by atoms with Gasteiger partial charge in [0.2, 0.25) is 11.8 Å². The summed E-state index contributed by atoms with van der Waals surface area (Å²) >= 11 is 11.9. The Balaban J connectivity index is 1.93. The number of benzene rings is 2. The lowest BCUT2D eigenvalue weighted by Gasteiger charge is -2.11. The van der Waals surface area contributed by atoms with E-state index in [2.05, 4.69) is 16.0 Å². The molecule has 0 saturated heterocycles. The number of halogens is 2. The van der Waals surface area contributed by atoms with Crippen molar-refractivity contribution in [3.63, 3.8) is 0 Å². The van der Waals surface area contributed by atoms with Crippen molar-refractivity contribution in [1.29, 1.82) is 0 Å². The minimum atomic E-state index is -0.245. The maximum Gasteiger partial charge on any atom is 0.243 e. The Hall–Kier alpha value is -2.24. The average molecular weight is 366 g/mol. The predicted octanol–water partition coefficient (Wildman–Crippen LogP) is 4.39. The summed E-state index contributed by atoms with van der Waals surface area (Å²) in [5.41, 5.74) is 1.81. The third-order valence-corrected chi connectivity index (χ3v) is 3.68. The molecule has 2 amide bonds. The molecular formula is C17H17Cl2N3O2. The highest BCUT2D eigenvalue weighted by Crippen LogP contribution is 2.25. The summed E-state index contributed by atoms with van der Waals surface area (Å²) in [7, 11) is 0.